The van der Waals surface area contributed by atoms with Gasteiger partial charge in [-0.05, 0) is 74.2 Å². The molecule has 4 aliphatic rings. The van der Waals surface area contributed by atoms with Crippen LogP contribution >= 0.6 is 0 Å². The van der Waals surface area contributed by atoms with E-state index < -0.39 is 45.8 Å². The lowest BCUT2D eigenvalue weighted by Crippen LogP contribution is -2.63. The van der Waals surface area contributed by atoms with Crippen molar-refractivity contribution >= 4 is 27.8 Å². The Morgan fingerprint density at radius 1 is 1.13 bits per heavy atom. The van der Waals surface area contributed by atoms with Crippen LogP contribution < -0.4 is 0 Å². The lowest BCUT2D eigenvalue weighted by Gasteiger charge is -2.60. The van der Waals surface area contributed by atoms with Gasteiger partial charge in [0.05, 0.1) is 19.0 Å². The molecule has 7 atom stereocenters. The van der Waals surface area contributed by atoms with E-state index in [0.717, 1.165) is 37.5 Å². The number of fused-ring (bicyclic) bond motifs is 5. The molecular formula is C28H42O9S. The van der Waals surface area contributed by atoms with Gasteiger partial charge in [0.15, 0.2) is 11.4 Å². The largest absolute Gasteiger partial charge is 0.509 e. The van der Waals surface area contributed by atoms with Crippen molar-refractivity contribution < 1.29 is 41.6 Å². The van der Waals surface area contributed by atoms with E-state index in [4.69, 9.17) is 13.7 Å². The minimum absolute atomic E-state index is 0.0398. The van der Waals surface area contributed by atoms with Gasteiger partial charge in [0.2, 0.25) is 5.78 Å². The molecule has 0 radical (unpaired) electrons. The molecule has 10 heteroatoms. The Morgan fingerprint density at radius 3 is 2.55 bits per heavy atom. The summed E-state index contributed by atoms with van der Waals surface area (Å²) in [7, 11) is -3.91. The molecule has 0 aromatic carbocycles. The summed E-state index contributed by atoms with van der Waals surface area (Å²) in [5.74, 6) is -0.549. The average molecular weight is 555 g/mol. The summed E-state index contributed by atoms with van der Waals surface area (Å²) >= 11 is 0. The van der Waals surface area contributed by atoms with Crippen LogP contribution in [-0.2, 0) is 33.4 Å². The minimum atomic E-state index is -3.91. The molecule has 4 rings (SSSR count). The van der Waals surface area contributed by atoms with E-state index in [1.54, 1.807) is 6.08 Å². The Morgan fingerprint density at radius 2 is 1.87 bits per heavy atom. The van der Waals surface area contributed by atoms with Crippen LogP contribution in [0.1, 0.15) is 85.0 Å². The van der Waals surface area contributed by atoms with E-state index >= 15 is 0 Å². The van der Waals surface area contributed by atoms with E-state index in [0.29, 0.717) is 25.7 Å². The average Bonchev–Trinajstić information content (AvgIpc) is 3.12. The molecule has 0 unspecified atom stereocenters. The summed E-state index contributed by atoms with van der Waals surface area (Å²) in [5.41, 5.74) is -1.80. The van der Waals surface area contributed by atoms with Crippen LogP contribution in [0, 0.1) is 28.6 Å². The smallest absolute Gasteiger partial charge is 0.434 e. The summed E-state index contributed by atoms with van der Waals surface area (Å²) in [5, 5.41) is 11.7. The molecule has 0 aromatic heterocycles. The van der Waals surface area contributed by atoms with Gasteiger partial charge >= 0.3 is 6.16 Å². The highest BCUT2D eigenvalue weighted by atomic mass is 32.2. The molecular weight excluding hydrogens is 512 g/mol. The van der Waals surface area contributed by atoms with Gasteiger partial charge < -0.3 is 14.6 Å². The Balaban J connectivity index is 1.66. The molecule has 4 aliphatic carbocycles. The quantitative estimate of drug-likeness (QED) is 0.254. The summed E-state index contributed by atoms with van der Waals surface area (Å²) in [6.45, 7) is 5.47. The van der Waals surface area contributed by atoms with E-state index in [2.05, 4.69) is 6.92 Å². The molecule has 0 spiro atoms. The number of rotatable bonds is 9. The summed E-state index contributed by atoms with van der Waals surface area (Å²) in [4.78, 5) is 38.7. The van der Waals surface area contributed by atoms with Gasteiger partial charge in [-0.1, -0.05) is 39.2 Å². The third-order valence-electron chi connectivity index (χ3n) is 10.1. The molecule has 0 aliphatic heterocycles. The maximum absolute atomic E-state index is 13.7. The highest BCUT2D eigenvalue weighted by Crippen LogP contribution is 2.68. The zero-order chi connectivity index (χ0) is 27.9. The maximum atomic E-state index is 13.7. The van der Waals surface area contributed by atoms with E-state index in [-0.39, 0.29) is 48.4 Å². The van der Waals surface area contributed by atoms with Crippen LogP contribution in [0.4, 0.5) is 4.79 Å². The van der Waals surface area contributed by atoms with Crippen molar-refractivity contribution in [3.63, 3.8) is 0 Å². The number of hydrogen-bond donors (Lipinski definition) is 1. The fourth-order valence-corrected chi connectivity index (χ4v) is 8.64. The third kappa shape index (κ3) is 5.08. The second kappa shape index (κ2) is 10.7. The number of ether oxygens (including phenoxy) is 2. The van der Waals surface area contributed by atoms with Gasteiger partial charge in [-0.25, -0.2) is 4.79 Å². The van der Waals surface area contributed by atoms with Crippen molar-refractivity contribution in [1.82, 2.24) is 0 Å². The highest BCUT2D eigenvalue weighted by Gasteiger charge is 2.70. The third-order valence-corrected chi connectivity index (χ3v) is 10.6. The molecule has 3 saturated carbocycles. The van der Waals surface area contributed by atoms with Crippen LogP contribution in [0.25, 0.3) is 0 Å². The van der Waals surface area contributed by atoms with Crippen molar-refractivity contribution in [3.8, 4) is 0 Å². The first-order valence-corrected chi connectivity index (χ1v) is 15.7. The first kappa shape index (κ1) is 29.2. The molecule has 1 N–H and O–H groups in total. The standard InChI is InChI=1S/C28H42O9S/c1-5-6-7-14-35-25(32)37-28(23(31)17-36-38(4,33)34)13-11-21-20-9-8-18-15-19(29)10-12-26(18,2)24(20)22(30)16-27(21,28)3/h15,20-22,24,30H,5-14,16-17H2,1-4H3/t20-,21-,22-,24+,26-,27-,28-/m0/s1. The second-order valence-corrected chi connectivity index (χ2v) is 13.9. The van der Waals surface area contributed by atoms with Crippen LogP contribution in [-0.4, -0.2) is 62.4 Å². The highest BCUT2D eigenvalue weighted by molar-refractivity contribution is 7.86. The number of unbranched alkanes of at least 4 members (excludes halogenated alkanes) is 2. The number of allylic oxidation sites excluding steroid dienone is 1. The van der Waals surface area contributed by atoms with Crippen molar-refractivity contribution in [1.29, 1.82) is 0 Å². The van der Waals surface area contributed by atoms with Gasteiger partial charge in [-0.3, -0.25) is 13.8 Å². The molecule has 9 nitrogen and oxygen atoms in total. The predicted molar refractivity (Wildman–Crippen MR) is 139 cm³/mol. The van der Waals surface area contributed by atoms with Crippen LogP contribution in [0.2, 0.25) is 0 Å². The molecule has 214 valence electrons. The molecule has 0 bridgehead atoms. The van der Waals surface area contributed by atoms with E-state index in [1.165, 1.54) is 0 Å². The monoisotopic (exact) mass is 554 g/mol. The fraction of sp³-hybridized carbons (Fsp3) is 0.821. The molecule has 0 heterocycles. The number of hydrogen-bond acceptors (Lipinski definition) is 9. The van der Waals surface area contributed by atoms with Crippen molar-refractivity contribution in [2.75, 3.05) is 19.5 Å². The summed E-state index contributed by atoms with van der Waals surface area (Å²) in [6.07, 6.45) is 7.06. The number of ketones is 2. The topological polar surface area (TPSA) is 133 Å². The van der Waals surface area contributed by atoms with Crippen LogP contribution in [0.3, 0.4) is 0 Å². The zero-order valence-corrected chi connectivity index (χ0v) is 23.8. The molecule has 38 heavy (non-hydrogen) atoms. The Hall–Kier alpha value is -1.78. The maximum Gasteiger partial charge on any atom is 0.509 e. The normalized spacial score (nSPS) is 38.4. The van der Waals surface area contributed by atoms with Gasteiger partial charge in [0.1, 0.15) is 6.61 Å². The van der Waals surface area contributed by atoms with Crippen LogP contribution in [0.15, 0.2) is 11.6 Å². The van der Waals surface area contributed by atoms with E-state index in [9.17, 15) is 27.9 Å². The summed E-state index contributed by atoms with van der Waals surface area (Å²) < 4.78 is 39.5. The number of carbonyl (C=O) groups is 3. The van der Waals surface area contributed by atoms with Gasteiger partial charge in [0.25, 0.3) is 10.1 Å². The van der Waals surface area contributed by atoms with E-state index in [1.807, 2.05) is 13.8 Å². The molecule has 0 saturated heterocycles. The first-order chi connectivity index (χ1) is 17.8. The van der Waals surface area contributed by atoms with Gasteiger partial charge in [-0.15, -0.1) is 0 Å². The van der Waals surface area contributed by atoms with Crippen molar-refractivity contribution in [3.05, 3.63) is 11.6 Å². The Bertz CT molecular complexity index is 1100. The Labute approximate surface area is 225 Å². The second-order valence-electron chi connectivity index (χ2n) is 12.2. The number of Topliss-reactive ketones (excluding diaryl/α,β-unsaturated/α-hetero) is 1. The fourth-order valence-electron chi connectivity index (χ4n) is 8.31. The molecule has 0 amide bonds. The SMILES string of the molecule is CCCCCOC(=O)O[C@]1(C(=O)COS(C)(=O)=O)CC[C@H]2[C@@H]3CCC4=CC(=O)CC[C@]4(C)[C@H]3[C@@H](O)C[C@@]21C. The van der Waals surface area contributed by atoms with Gasteiger partial charge in [0, 0.05) is 11.8 Å². The molecule has 0 aromatic rings. The van der Waals surface area contributed by atoms with Gasteiger partial charge in [-0.2, -0.15) is 8.42 Å². The summed E-state index contributed by atoms with van der Waals surface area (Å²) in [6, 6.07) is 0. The molecule has 3 fully saturated rings. The lowest BCUT2D eigenvalue weighted by atomic mass is 9.45. The lowest BCUT2D eigenvalue weighted by molar-refractivity contribution is -0.186. The number of aliphatic hydroxyl groups is 1. The van der Waals surface area contributed by atoms with Crippen LogP contribution in [0.5, 0.6) is 0 Å². The number of aliphatic hydroxyl groups excluding tert-OH is 1. The van der Waals surface area contributed by atoms with Crippen molar-refractivity contribution in [2.24, 2.45) is 28.6 Å². The first-order valence-electron chi connectivity index (χ1n) is 13.9. The Kier molecular flexibility index (Phi) is 8.19. The minimum Gasteiger partial charge on any atom is -0.434 e. The zero-order valence-electron chi connectivity index (χ0n) is 23.0. The predicted octanol–water partition coefficient (Wildman–Crippen LogP) is 4.12. The van der Waals surface area contributed by atoms with Crippen molar-refractivity contribution in [2.45, 2.75) is 96.7 Å². The number of carbonyl (C=O) groups excluding carboxylic acids is 3.